The third-order valence-electron chi connectivity index (χ3n) is 5.00. The lowest BCUT2D eigenvalue weighted by molar-refractivity contribution is 0.440. The maximum Gasteiger partial charge on any atom is 0.159 e. The van der Waals surface area contributed by atoms with Gasteiger partial charge in [-0.05, 0) is 35.4 Å². The summed E-state index contributed by atoms with van der Waals surface area (Å²) in [6, 6.07) is 9.84. The van der Waals surface area contributed by atoms with Crippen LogP contribution in [0.4, 0.5) is 22.0 Å². The molecule has 160 valence electrons. The quantitative estimate of drug-likeness (QED) is 0.309. The van der Waals surface area contributed by atoms with Gasteiger partial charge in [0.05, 0.1) is 5.56 Å². The zero-order valence-electron chi connectivity index (χ0n) is 16.5. The molecule has 3 aromatic carbocycles. The zero-order valence-corrected chi connectivity index (χ0v) is 16.5. The molecule has 0 N–H and O–H groups in total. The standard InChI is InChI=1S/C25H15F5N2/c1-2-14-12-31-25(32-13-14)16-4-6-18(22(28)8-16)15-3-5-19(21(27)7-15)17-9-23(29)20(11-26)24(30)10-17/h2-10,12-13H,1,11H2. The van der Waals surface area contributed by atoms with E-state index in [0.29, 0.717) is 11.4 Å². The average molecular weight is 438 g/mol. The molecule has 4 aromatic rings. The highest BCUT2D eigenvalue weighted by molar-refractivity contribution is 5.73. The SMILES string of the molecule is C=Cc1cnc(-c2ccc(-c3ccc(-c4cc(F)c(CF)c(F)c4)c(F)c3)c(F)c2)nc1. The maximum absolute atomic E-state index is 14.8. The summed E-state index contributed by atoms with van der Waals surface area (Å²) in [5.41, 5.74) is 0.642. The van der Waals surface area contributed by atoms with Gasteiger partial charge in [0.25, 0.3) is 0 Å². The Kier molecular flexibility index (Phi) is 5.81. The Hall–Kier alpha value is -3.87. The van der Waals surface area contributed by atoms with Crippen molar-refractivity contribution in [2.45, 2.75) is 6.67 Å². The van der Waals surface area contributed by atoms with E-state index < -0.39 is 35.5 Å². The van der Waals surface area contributed by atoms with E-state index in [4.69, 9.17) is 0 Å². The summed E-state index contributed by atoms with van der Waals surface area (Å²) in [7, 11) is 0. The van der Waals surface area contributed by atoms with Crippen molar-refractivity contribution in [1.29, 1.82) is 0 Å². The lowest BCUT2D eigenvalue weighted by Crippen LogP contribution is -1.96. The molecule has 1 aromatic heterocycles. The molecular weight excluding hydrogens is 423 g/mol. The molecule has 0 atom stereocenters. The first-order valence-corrected chi connectivity index (χ1v) is 9.50. The highest BCUT2D eigenvalue weighted by Gasteiger charge is 2.16. The van der Waals surface area contributed by atoms with Gasteiger partial charge in [0, 0.05) is 34.6 Å². The maximum atomic E-state index is 14.8. The second kappa shape index (κ2) is 8.70. The molecule has 0 aliphatic heterocycles. The van der Waals surface area contributed by atoms with E-state index in [2.05, 4.69) is 16.5 Å². The van der Waals surface area contributed by atoms with Gasteiger partial charge in [0.2, 0.25) is 0 Å². The van der Waals surface area contributed by atoms with E-state index in [0.717, 1.165) is 23.8 Å². The Balaban J connectivity index is 1.68. The number of aromatic nitrogens is 2. The molecule has 0 radical (unpaired) electrons. The van der Waals surface area contributed by atoms with Crippen molar-refractivity contribution in [2.75, 3.05) is 0 Å². The molecule has 0 aliphatic rings. The Labute approximate surface area is 180 Å². The lowest BCUT2D eigenvalue weighted by Gasteiger charge is -2.10. The monoisotopic (exact) mass is 438 g/mol. The summed E-state index contributed by atoms with van der Waals surface area (Å²) >= 11 is 0. The summed E-state index contributed by atoms with van der Waals surface area (Å²) in [6.07, 6.45) is 4.70. The van der Waals surface area contributed by atoms with Gasteiger partial charge in [-0.15, -0.1) is 0 Å². The molecule has 0 fully saturated rings. The van der Waals surface area contributed by atoms with Crippen LogP contribution < -0.4 is 0 Å². The highest BCUT2D eigenvalue weighted by Crippen LogP contribution is 2.32. The van der Waals surface area contributed by atoms with Gasteiger partial charge in [0.15, 0.2) is 5.82 Å². The molecule has 0 saturated heterocycles. The molecule has 0 amide bonds. The summed E-state index contributed by atoms with van der Waals surface area (Å²) in [5.74, 6) is -3.30. The Morgan fingerprint density at radius 2 is 1.19 bits per heavy atom. The van der Waals surface area contributed by atoms with Gasteiger partial charge < -0.3 is 0 Å². The van der Waals surface area contributed by atoms with Crippen LogP contribution in [0.2, 0.25) is 0 Å². The minimum Gasteiger partial charge on any atom is -0.246 e. The molecular formula is C25H15F5N2. The molecule has 32 heavy (non-hydrogen) atoms. The normalized spacial score (nSPS) is 10.9. The van der Waals surface area contributed by atoms with Gasteiger partial charge in [-0.2, -0.15) is 0 Å². The van der Waals surface area contributed by atoms with Crippen molar-refractivity contribution in [3.8, 4) is 33.6 Å². The van der Waals surface area contributed by atoms with Crippen LogP contribution in [0.5, 0.6) is 0 Å². The summed E-state index contributed by atoms with van der Waals surface area (Å²) in [5, 5.41) is 0. The molecule has 2 nitrogen and oxygen atoms in total. The Bertz CT molecular complexity index is 1290. The van der Waals surface area contributed by atoms with Crippen LogP contribution in [0.25, 0.3) is 39.7 Å². The topological polar surface area (TPSA) is 25.8 Å². The van der Waals surface area contributed by atoms with Crippen LogP contribution in [0.1, 0.15) is 11.1 Å². The fourth-order valence-electron chi connectivity index (χ4n) is 3.28. The molecule has 1 heterocycles. The van der Waals surface area contributed by atoms with Crippen molar-refractivity contribution in [3.05, 3.63) is 102 Å². The summed E-state index contributed by atoms with van der Waals surface area (Å²) in [4.78, 5) is 8.31. The number of nitrogens with zero attached hydrogens (tertiary/aromatic N) is 2. The van der Waals surface area contributed by atoms with Gasteiger partial charge in [-0.3, -0.25) is 0 Å². The van der Waals surface area contributed by atoms with Crippen LogP contribution in [-0.2, 0) is 6.67 Å². The Morgan fingerprint density at radius 1 is 0.688 bits per heavy atom. The minimum atomic E-state index is -1.31. The fraction of sp³-hybridized carbons (Fsp3) is 0.0400. The lowest BCUT2D eigenvalue weighted by atomic mass is 9.97. The fourth-order valence-corrected chi connectivity index (χ4v) is 3.28. The van der Waals surface area contributed by atoms with Crippen LogP contribution in [-0.4, -0.2) is 9.97 Å². The first-order valence-electron chi connectivity index (χ1n) is 9.50. The molecule has 0 bridgehead atoms. The van der Waals surface area contributed by atoms with Crippen molar-refractivity contribution >= 4 is 6.08 Å². The van der Waals surface area contributed by atoms with Gasteiger partial charge in [-0.25, -0.2) is 31.9 Å². The number of hydrogen-bond donors (Lipinski definition) is 0. The van der Waals surface area contributed by atoms with Crippen LogP contribution in [0, 0.1) is 23.3 Å². The van der Waals surface area contributed by atoms with Crippen molar-refractivity contribution in [3.63, 3.8) is 0 Å². The first-order chi connectivity index (χ1) is 15.4. The van der Waals surface area contributed by atoms with E-state index in [9.17, 15) is 22.0 Å². The predicted octanol–water partition coefficient (Wildman–Crippen LogP) is 7.15. The smallest absolute Gasteiger partial charge is 0.159 e. The average Bonchev–Trinajstić information content (AvgIpc) is 2.78. The van der Waals surface area contributed by atoms with E-state index in [1.807, 2.05) is 0 Å². The molecule has 4 rings (SSSR count). The molecule has 0 aliphatic carbocycles. The summed E-state index contributed by atoms with van der Waals surface area (Å²) < 4.78 is 70.0. The number of rotatable bonds is 5. The zero-order chi connectivity index (χ0) is 22.8. The molecule has 0 spiro atoms. The molecule has 0 saturated carbocycles. The molecule has 0 unspecified atom stereocenters. The number of hydrogen-bond acceptors (Lipinski definition) is 2. The van der Waals surface area contributed by atoms with Crippen LogP contribution in [0.15, 0.2) is 67.5 Å². The van der Waals surface area contributed by atoms with Crippen molar-refractivity contribution < 1.29 is 22.0 Å². The second-order valence-corrected chi connectivity index (χ2v) is 6.99. The highest BCUT2D eigenvalue weighted by atomic mass is 19.2. The van der Waals surface area contributed by atoms with Crippen molar-refractivity contribution in [1.82, 2.24) is 9.97 Å². The van der Waals surface area contributed by atoms with E-state index >= 15 is 0 Å². The van der Waals surface area contributed by atoms with Gasteiger partial charge in [-0.1, -0.05) is 36.9 Å². The number of alkyl halides is 1. The third-order valence-corrected chi connectivity index (χ3v) is 5.00. The number of benzene rings is 3. The van der Waals surface area contributed by atoms with E-state index in [1.165, 1.54) is 24.3 Å². The first kappa shape index (κ1) is 21.4. The minimum absolute atomic E-state index is 0.0859. The Morgan fingerprint density at radius 3 is 1.72 bits per heavy atom. The van der Waals surface area contributed by atoms with E-state index in [1.54, 1.807) is 24.5 Å². The largest absolute Gasteiger partial charge is 0.246 e. The van der Waals surface area contributed by atoms with Crippen LogP contribution in [0.3, 0.4) is 0 Å². The summed E-state index contributed by atoms with van der Waals surface area (Å²) in [6.45, 7) is 2.31. The van der Waals surface area contributed by atoms with Gasteiger partial charge >= 0.3 is 0 Å². The predicted molar refractivity (Wildman–Crippen MR) is 113 cm³/mol. The third kappa shape index (κ3) is 4.01. The second-order valence-electron chi connectivity index (χ2n) is 6.99. The van der Waals surface area contributed by atoms with Crippen LogP contribution >= 0.6 is 0 Å². The van der Waals surface area contributed by atoms with Crippen molar-refractivity contribution in [2.24, 2.45) is 0 Å². The number of halogens is 5. The molecule has 7 heteroatoms. The van der Waals surface area contributed by atoms with E-state index in [-0.39, 0.29) is 22.3 Å². The van der Waals surface area contributed by atoms with Gasteiger partial charge in [0.1, 0.15) is 29.9 Å².